The molecule has 24 heavy (non-hydrogen) atoms. The summed E-state index contributed by atoms with van der Waals surface area (Å²) in [5.41, 5.74) is 7.55. The molecule has 1 aliphatic rings. The fraction of sp³-hybridized carbons (Fsp3) is 0.167. The van der Waals surface area contributed by atoms with Crippen LogP contribution >= 0.6 is 0 Å². The molecule has 0 aliphatic carbocycles. The van der Waals surface area contributed by atoms with Crippen molar-refractivity contribution >= 4 is 23.3 Å². The number of aliphatic carboxylic acids is 1. The maximum absolute atomic E-state index is 13.1. The molecule has 1 unspecified atom stereocenters. The minimum atomic E-state index is -1.57. The van der Waals surface area contributed by atoms with Gasteiger partial charge in [-0.2, -0.15) is 0 Å². The first-order chi connectivity index (χ1) is 11.4. The van der Waals surface area contributed by atoms with Gasteiger partial charge in [0.05, 0.1) is 5.56 Å². The number of primary amides is 1. The summed E-state index contributed by atoms with van der Waals surface area (Å²) in [6.07, 6.45) is 0. The number of hydrogen-bond acceptors (Lipinski definition) is 4. The molecule has 2 aromatic rings. The van der Waals surface area contributed by atoms with Gasteiger partial charge in [-0.3, -0.25) is 14.4 Å². The fourth-order valence-electron chi connectivity index (χ4n) is 3.13. The van der Waals surface area contributed by atoms with E-state index in [1.807, 2.05) is 24.1 Å². The number of carboxylic acid groups (broad SMARTS) is 1. The highest BCUT2D eigenvalue weighted by Crippen LogP contribution is 2.35. The molecule has 0 bridgehead atoms. The zero-order valence-corrected chi connectivity index (χ0v) is 13.0. The standard InChI is InChI=1S/C18H16N2O4/c1-20-9-10-5-2-3-6-11(10)16(21)14-12(7-4-8-13(14)20)15(17(19)22)18(23)24/h2-8,15H,9H2,1H3,(H2,19,22)(H,23,24). The van der Waals surface area contributed by atoms with Gasteiger partial charge in [-0.05, 0) is 17.2 Å². The van der Waals surface area contributed by atoms with Crippen LogP contribution in [0.4, 0.5) is 5.69 Å². The van der Waals surface area contributed by atoms with E-state index >= 15 is 0 Å². The third kappa shape index (κ3) is 2.42. The molecular formula is C18H16N2O4. The van der Waals surface area contributed by atoms with Crippen LogP contribution in [0.1, 0.15) is 33.0 Å². The van der Waals surface area contributed by atoms with Crippen molar-refractivity contribution < 1.29 is 19.5 Å². The van der Waals surface area contributed by atoms with E-state index in [0.717, 1.165) is 5.56 Å². The van der Waals surface area contributed by atoms with Crippen molar-refractivity contribution in [3.8, 4) is 0 Å². The third-order valence-electron chi connectivity index (χ3n) is 4.22. The largest absolute Gasteiger partial charge is 0.480 e. The fourth-order valence-corrected chi connectivity index (χ4v) is 3.13. The number of carbonyl (C=O) groups is 3. The van der Waals surface area contributed by atoms with Crippen LogP contribution in [0.25, 0.3) is 0 Å². The highest BCUT2D eigenvalue weighted by Gasteiger charge is 2.34. The van der Waals surface area contributed by atoms with Crippen LogP contribution < -0.4 is 10.6 Å². The number of nitrogens with zero attached hydrogens (tertiary/aromatic N) is 1. The van der Waals surface area contributed by atoms with Crippen LogP contribution in [-0.2, 0) is 16.1 Å². The molecule has 0 aromatic heterocycles. The Labute approximate surface area is 138 Å². The van der Waals surface area contributed by atoms with Crippen molar-refractivity contribution in [2.75, 3.05) is 11.9 Å². The van der Waals surface area contributed by atoms with Gasteiger partial charge < -0.3 is 15.7 Å². The van der Waals surface area contributed by atoms with E-state index in [4.69, 9.17) is 5.73 Å². The quantitative estimate of drug-likeness (QED) is 0.834. The van der Waals surface area contributed by atoms with Gasteiger partial charge in [0.15, 0.2) is 11.7 Å². The van der Waals surface area contributed by atoms with Gasteiger partial charge in [-0.25, -0.2) is 0 Å². The maximum Gasteiger partial charge on any atom is 0.320 e. The van der Waals surface area contributed by atoms with Gasteiger partial charge in [0.25, 0.3) is 0 Å². The summed E-state index contributed by atoms with van der Waals surface area (Å²) in [5, 5.41) is 9.39. The van der Waals surface area contributed by atoms with Crippen molar-refractivity contribution in [3.63, 3.8) is 0 Å². The molecule has 1 atom stereocenters. The maximum atomic E-state index is 13.1. The molecule has 122 valence electrons. The molecule has 0 fully saturated rings. The van der Waals surface area contributed by atoms with Crippen molar-refractivity contribution in [3.05, 3.63) is 64.7 Å². The molecule has 0 saturated carbocycles. The molecule has 0 radical (unpaired) electrons. The van der Waals surface area contributed by atoms with E-state index in [0.29, 0.717) is 17.8 Å². The molecule has 1 heterocycles. The summed E-state index contributed by atoms with van der Waals surface area (Å²) in [5.74, 6) is -4.23. The third-order valence-corrected chi connectivity index (χ3v) is 4.22. The van der Waals surface area contributed by atoms with Crippen LogP contribution in [0.15, 0.2) is 42.5 Å². The van der Waals surface area contributed by atoms with Crippen molar-refractivity contribution in [2.45, 2.75) is 12.5 Å². The van der Waals surface area contributed by atoms with Crippen molar-refractivity contribution in [1.29, 1.82) is 0 Å². The zero-order valence-electron chi connectivity index (χ0n) is 13.0. The number of nitrogens with two attached hydrogens (primary N) is 1. The Balaban J connectivity index is 2.30. The second kappa shape index (κ2) is 5.81. The number of rotatable bonds is 3. The Hall–Kier alpha value is -3.15. The summed E-state index contributed by atoms with van der Waals surface area (Å²) in [6, 6.07) is 12.0. The number of carbonyl (C=O) groups excluding carboxylic acids is 2. The average Bonchev–Trinajstić information content (AvgIpc) is 2.63. The van der Waals surface area contributed by atoms with Gasteiger partial charge in [-0.1, -0.05) is 36.4 Å². The van der Waals surface area contributed by atoms with Gasteiger partial charge in [0, 0.05) is 24.8 Å². The van der Waals surface area contributed by atoms with E-state index in [-0.39, 0.29) is 16.9 Å². The van der Waals surface area contributed by atoms with Crippen LogP contribution in [-0.4, -0.2) is 29.8 Å². The summed E-state index contributed by atoms with van der Waals surface area (Å²) in [6.45, 7) is 0.507. The van der Waals surface area contributed by atoms with Crippen LogP contribution in [0.3, 0.4) is 0 Å². The number of hydrogen-bond donors (Lipinski definition) is 2. The Morgan fingerprint density at radius 3 is 2.54 bits per heavy atom. The van der Waals surface area contributed by atoms with Crippen molar-refractivity contribution in [1.82, 2.24) is 0 Å². The van der Waals surface area contributed by atoms with E-state index < -0.39 is 17.8 Å². The minimum absolute atomic E-state index is 0.126. The number of benzene rings is 2. The van der Waals surface area contributed by atoms with Crippen LogP contribution in [0.5, 0.6) is 0 Å². The minimum Gasteiger partial charge on any atom is -0.480 e. The Morgan fingerprint density at radius 2 is 1.88 bits per heavy atom. The first kappa shape index (κ1) is 15.7. The monoisotopic (exact) mass is 324 g/mol. The van der Waals surface area contributed by atoms with Gasteiger partial charge in [0.1, 0.15) is 0 Å². The number of fused-ring (bicyclic) bond motifs is 2. The Morgan fingerprint density at radius 1 is 1.17 bits per heavy atom. The molecular weight excluding hydrogens is 308 g/mol. The van der Waals surface area contributed by atoms with E-state index in [9.17, 15) is 19.5 Å². The number of carboxylic acids is 1. The Bertz CT molecular complexity index is 846. The molecule has 3 rings (SSSR count). The topological polar surface area (TPSA) is 101 Å². The lowest BCUT2D eigenvalue weighted by atomic mass is 9.88. The highest BCUT2D eigenvalue weighted by atomic mass is 16.4. The first-order valence-electron chi connectivity index (χ1n) is 7.40. The molecule has 1 amide bonds. The predicted octanol–water partition coefficient (Wildman–Crippen LogP) is 1.52. The van der Waals surface area contributed by atoms with E-state index in [1.54, 1.807) is 24.3 Å². The molecule has 6 heteroatoms. The molecule has 3 N–H and O–H groups in total. The van der Waals surface area contributed by atoms with E-state index in [2.05, 4.69) is 0 Å². The van der Waals surface area contributed by atoms with Gasteiger partial charge >= 0.3 is 5.97 Å². The lowest BCUT2D eigenvalue weighted by molar-refractivity contribution is -0.142. The molecule has 2 aromatic carbocycles. The summed E-state index contributed by atoms with van der Waals surface area (Å²) in [4.78, 5) is 38.1. The first-order valence-corrected chi connectivity index (χ1v) is 7.40. The molecule has 0 spiro atoms. The molecule has 6 nitrogen and oxygen atoms in total. The zero-order chi connectivity index (χ0) is 17.4. The SMILES string of the molecule is CN1Cc2ccccc2C(=O)c2c(C(C(N)=O)C(=O)O)cccc21. The number of ketones is 1. The van der Waals surface area contributed by atoms with Crippen LogP contribution in [0.2, 0.25) is 0 Å². The number of anilines is 1. The number of amides is 1. The van der Waals surface area contributed by atoms with E-state index in [1.165, 1.54) is 6.07 Å². The lowest BCUT2D eigenvalue weighted by Crippen LogP contribution is -2.30. The second-order valence-corrected chi connectivity index (χ2v) is 5.76. The lowest BCUT2D eigenvalue weighted by Gasteiger charge is -2.22. The summed E-state index contributed by atoms with van der Waals surface area (Å²) in [7, 11) is 1.82. The normalized spacial score (nSPS) is 14.4. The van der Waals surface area contributed by atoms with Gasteiger partial charge in [-0.15, -0.1) is 0 Å². The highest BCUT2D eigenvalue weighted by molar-refractivity contribution is 6.17. The molecule has 0 saturated heterocycles. The van der Waals surface area contributed by atoms with Crippen molar-refractivity contribution in [2.24, 2.45) is 5.73 Å². The second-order valence-electron chi connectivity index (χ2n) is 5.76. The van der Waals surface area contributed by atoms with Gasteiger partial charge in [0.2, 0.25) is 5.91 Å². The molecule has 1 aliphatic heterocycles. The van der Waals surface area contributed by atoms with Crippen LogP contribution in [0, 0.1) is 0 Å². The Kier molecular flexibility index (Phi) is 3.81. The predicted molar refractivity (Wildman–Crippen MR) is 88.0 cm³/mol. The summed E-state index contributed by atoms with van der Waals surface area (Å²) >= 11 is 0. The average molecular weight is 324 g/mol. The smallest absolute Gasteiger partial charge is 0.320 e. The summed E-state index contributed by atoms with van der Waals surface area (Å²) < 4.78 is 0.